The standard InChI is InChI=1S/C28H33FNO5P/c1-18(2)28-24(10-7-13-35-36(34)17-22(31)15-27(32)33)25(23-12-11-21(29)14-19(23)3)16-26(30-28)20-8-5-4-6-9-20/h4-6,8-9,11-12,14,16,18,22,31,36H,7,10,13,15,17H2,1-3H3,(H,32,33)/t22-/m0/s1. The van der Waals surface area contributed by atoms with E-state index in [1.165, 1.54) is 12.1 Å². The fraction of sp³-hybridized carbons (Fsp3) is 0.357. The van der Waals surface area contributed by atoms with Crippen LogP contribution in [0.1, 0.15) is 49.4 Å². The monoisotopic (exact) mass is 513 g/mol. The van der Waals surface area contributed by atoms with Gasteiger partial charge in [-0.2, -0.15) is 0 Å². The number of hydrogen-bond acceptors (Lipinski definition) is 5. The molecule has 0 bridgehead atoms. The maximum absolute atomic E-state index is 13.9. The van der Waals surface area contributed by atoms with Crippen LogP contribution in [-0.4, -0.2) is 40.0 Å². The van der Waals surface area contributed by atoms with Crippen molar-refractivity contribution in [3.8, 4) is 22.4 Å². The van der Waals surface area contributed by atoms with Crippen LogP contribution in [0.4, 0.5) is 4.39 Å². The number of carboxylic acid groups (broad SMARTS) is 1. The minimum absolute atomic E-state index is 0.134. The van der Waals surface area contributed by atoms with Gasteiger partial charge in [-0.3, -0.25) is 14.3 Å². The van der Waals surface area contributed by atoms with E-state index >= 15 is 0 Å². The molecule has 0 spiro atoms. The van der Waals surface area contributed by atoms with Crippen molar-refractivity contribution >= 4 is 14.0 Å². The van der Waals surface area contributed by atoms with Crippen LogP contribution in [0.5, 0.6) is 0 Å². The molecule has 36 heavy (non-hydrogen) atoms. The summed E-state index contributed by atoms with van der Waals surface area (Å²) in [6.07, 6.45) is -0.665. The first-order valence-corrected chi connectivity index (χ1v) is 13.6. The fourth-order valence-electron chi connectivity index (χ4n) is 4.22. The van der Waals surface area contributed by atoms with Crippen LogP contribution in [0.3, 0.4) is 0 Å². The van der Waals surface area contributed by atoms with Gasteiger partial charge in [-0.05, 0) is 66.1 Å². The molecule has 1 unspecified atom stereocenters. The van der Waals surface area contributed by atoms with Crippen molar-refractivity contribution in [1.29, 1.82) is 0 Å². The third kappa shape index (κ3) is 7.57. The first kappa shape index (κ1) is 27.7. The SMILES string of the molecule is Cc1cc(F)ccc1-c1cc(-c2ccccc2)nc(C(C)C)c1CCCO[PH](=O)C[C@@H](O)CC(=O)O. The molecule has 6 nitrogen and oxygen atoms in total. The van der Waals surface area contributed by atoms with Gasteiger partial charge in [0.1, 0.15) is 5.82 Å². The number of pyridine rings is 1. The molecular formula is C28H33FNO5P. The van der Waals surface area contributed by atoms with E-state index in [1.807, 2.05) is 43.3 Å². The van der Waals surface area contributed by atoms with Gasteiger partial charge in [0, 0.05) is 17.4 Å². The molecule has 1 aromatic heterocycles. The summed E-state index contributed by atoms with van der Waals surface area (Å²) >= 11 is 0. The fourth-order valence-corrected chi connectivity index (χ4v) is 5.24. The number of aliphatic carboxylic acids is 1. The Kier molecular flexibility index (Phi) is 9.94. The van der Waals surface area contributed by atoms with E-state index in [2.05, 4.69) is 13.8 Å². The number of rotatable bonds is 12. The normalized spacial score (nSPS) is 13.1. The summed E-state index contributed by atoms with van der Waals surface area (Å²) < 4.78 is 31.5. The van der Waals surface area contributed by atoms with E-state index in [1.54, 1.807) is 6.07 Å². The van der Waals surface area contributed by atoms with Gasteiger partial charge in [0.25, 0.3) is 0 Å². The maximum Gasteiger partial charge on any atom is 0.305 e. The minimum atomic E-state index is -2.55. The first-order valence-electron chi connectivity index (χ1n) is 12.1. The van der Waals surface area contributed by atoms with Gasteiger partial charge in [0.2, 0.25) is 0 Å². The smallest absolute Gasteiger partial charge is 0.305 e. The molecule has 0 aliphatic carbocycles. The molecule has 2 N–H and O–H groups in total. The number of carbonyl (C=O) groups is 1. The number of hydrogen-bond donors (Lipinski definition) is 2. The van der Waals surface area contributed by atoms with Crippen LogP contribution >= 0.6 is 8.03 Å². The van der Waals surface area contributed by atoms with Gasteiger partial charge in [0.15, 0.2) is 8.03 Å². The number of aliphatic hydroxyl groups excluding tert-OH is 1. The molecule has 3 rings (SSSR count). The highest BCUT2D eigenvalue weighted by Crippen LogP contribution is 2.36. The Morgan fingerprint density at radius 2 is 1.83 bits per heavy atom. The molecule has 0 aliphatic heterocycles. The van der Waals surface area contributed by atoms with E-state index in [9.17, 15) is 18.9 Å². The summed E-state index contributed by atoms with van der Waals surface area (Å²) in [7, 11) is -2.55. The summed E-state index contributed by atoms with van der Waals surface area (Å²) in [4.78, 5) is 15.7. The van der Waals surface area contributed by atoms with Crippen LogP contribution in [0.25, 0.3) is 22.4 Å². The molecule has 0 saturated carbocycles. The van der Waals surface area contributed by atoms with E-state index in [4.69, 9.17) is 14.6 Å². The van der Waals surface area contributed by atoms with Crippen LogP contribution < -0.4 is 0 Å². The molecule has 0 saturated heterocycles. The number of aryl methyl sites for hydroxylation is 1. The maximum atomic E-state index is 13.9. The molecular weight excluding hydrogens is 480 g/mol. The van der Waals surface area contributed by atoms with Crippen LogP contribution in [-0.2, 0) is 20.3 Å². The largest absolute Gasteiger partial charge is 0.481 e. The second-order valence-corrected chi connectivity index (χ2v) is 10.6. The number of aliphatic hydroxyl groups is 1. The third-order valence-corrected chi connectivity index (χ3v) is 7.23. The van der Waals surface area contributed by atoms with Crippen molar-refractivity contribution in [1.82, 2.24) is 4.98 Å². The van der Waals surface area contributed by atoms with Crippen molar-refractivity contribution in [2.45, 2.75) is 52.1 Å². The summed E-state index contributed by atoms with van der Waals surface area (Å²) in [5, 5.41) is 18.4. The number of nitrogens with zero attached hydrogens (tertiary/aromatic N) is 1. The molecule has 0 amide bonds. The quantitative estimate of drug-likeness (QED) is 0.220. The summed E-state index contributed by atoms with van der Waals surface area (Å²) in [5.41, 5.74) is 6.55. The average molecular weight is 514 g/mol. The van der Waals surface area contributed by atoms with Crippen LogP contribution in [0, 0.1) is 12.7 Å². The van der Waals surface area contributed by atoms with Gasteiger partial charge in [0.05, 0.1) is 24.8 Å². The Balaban J connectivity index is 1.89. The Labute approximate surface area is 212 Å². The van der Waals surface area contributed by atoms with Crippen molar-refractivity contribution in [3.63, 3.8) is 0 Å². The molecule has 1 heterocycles. The van der Waals surface area contributed by atoms with E-state index < -0.39 is 26.5 Å². The topological polar surface area (TPSA) is 96.7 Å². The minimum Gasteiger partial charge on any atom is -0.481 e. The van der Waals surface area contributed by atoms with E-state index in [0.29, 0.717) is 12.8 Å². The third-order valence-electron chi connectivity index (χ3n) is 5.90. The molecule has 0 radical (unpaired) electrons. The molecule has 192 valence electrons. The Hall–Kier alpha value is -2.86. The van der Waals surface area contributed by atoms with Crippen molar-refractivity contribution in [2.75, 3.05) is 12.8 Å². The van der Waals surface area contributed by atoms with Crippen LogP contribution in [0.2, 0.25) is 0 Å². The molecule has 0 aliphatic rings. The number of halogens is 1. The van der Waals surface area contributed by atoms with Crippen LogP contribution in [0.15, 0.2) is 54.6 Å². The van der Waals surface area contributed by atoms with Gasteiger partial charge in [-0.15, -0.1) is 0 Å². The highest BCUT2D eigenvalue weighted by Gasteiger charge is 2.19. The zero-order valence-corrected chi connectivity index (χ0v) is 21.8. The number of aromatic nitrogens is 1. The number of benzene rings is 2. The predicted octanol–water partition coefficient (Wildman–Crippen LogP) is 6.25. The molecule has 0 fully saturated rings. The molecule has 2 aromatic carbocycles. The van der Waals surface area contributed by atoms with E-state index in [-0.39, 0.29) is 24.5 Å². The van der Waals surface area contributed by atoms with Gasteiger partial charge >= 0.3 is 5.97 Å². The van der Waals surface area contributed by atoms with Gasteiger partial charge in [-0.25, -0.2) is 4.39 Å². The Morgan fingerprint density at radius 3 is 2.47 bits per heavy atom. The van der Waals surface area contributed by atoms with Gasteiger partial charge < -0.3 is 14.7 Å². The summed E-state index contributed by atoms with van der Waals surface area (Å²) in [5.74, 6) is -1.30. The van der Waals surface area contributed by atoms with Crippen molar-refractivity contribution in [3.05, 3.63) is 77.2 Å². The Morgan fingerprint density at radius 1 is 1.11 bits per heavy atom. The average Bonchev–Trinajstić information content (AvgIpc) is 2.81. The molecule has 8 heteroatoms. The second-order valence-electron chi connectivity index (χ2n) is 9.18. The summed E-state index contributed by atoms with van der Waals surface area (Å²) in [6, 6.07) is 16.7. The van der Waals surface area contributed by atoms with E-state index in [0.717, 1.165) is 39.2 Å². The highest BCUT2D eigenvalue weighted by atomic mass is 31.1. The van der Waals surface area contributed by atoms with Gasteiger partial charge in [-0.1, -0.05) is 50.2 Å². The lowest BCUT2D eigenvalue weighted by molar-refractivity contribution is -0.138. The first-order chi connectivity index (χ1) is 17.2. The lowest BCUT2D eigenvalue weighted by Gasteiger charge is -2.20. The zero-order chi connectivity index (χ0) is 26.2. The summed E-state index contributed by atoms with van der Waals surface area (Å²) in [6.45, 7) is 6.26. The van der Waals surface area contributed by atoms with Crippen molar-refractivity contribution < 1.29 is 28.5 Å². The Bertz CT molecular complexity index is 1220. The second kappa shape index (κ2) is 12.9. The molecule has 3 aromatic rings. The lowest BCUT2D eigenvalue weighted by Crippen LogP contribution is -2.15. The number of carboxylic acids is 1. The zero-order valence-electron chi connectivity index (χ0n) is 20.8. The lowest BCUT2D eigenvalue weighted by atomic mass is 9.88. The van der Waals surface area contributed by atoms with Crippen molar-refractivity contribution in [2.24, 2.45) is 0 Å². The molecule has 2 atom stereocenters. The predicted molar refractivity (Wildman–Crippen MR) is 140 cm³/mol. The highest BCUT2D eigenvalue weighted by molar-refractivity contribution is 7.39.